The zero-order chi connectivity index (χ0) is 28.4. The fourth-order valence-corrected chi connectivity index (χ4v) is 6.45. The predicted octanol–water partition coefficient (Wildman–Crippen LogP) is 4.59. The molecule has 3 atom stereocenters. The van der Waals surface area contributed by atoms with E-state index in [1.54, 1.807) is 18.2 Å². The number of aliphatic hydroxyl groups is 1. The number of hydrogen-bond acceptors (Lipinski definition) is 6. The highest BCUT2D eigenvalue weighted by Crippen LogP contribution is 2.28. The summed E-state index contributed by atoms with van der Waals surface area (Å²) in [7, 11) is -3.43. The molecular formula is C30H47ClN4O4S. The minimum Gasteiger partial charge on any atom is -0.390 e. The minimum atomic E-state index is -3.43. The second kappa shape index (κ2) is 16.2. The molecule has 0 spiro atoms. The van der Waals surface area contributed by atoms with Crippen LogP contribution in [-0.4, -0.2) is 63.0 Å². The van der Waals surface area contributed by atoms with E-state index in [-0.39, 0.29) is 30.1 Å². The number of carbonyl (C=O) groups is 1. The van der Waals surface area contributed by atoms with E-state index in [9.17, 15) is 18.3 Å². The monoisotopic (exact) mass is 594 g/mol. The van der Waals surface area contributed by atoms with Crippen molar-refractivity contribution >= 4 is 39.7 Å². The number of carbonyl (C=O) groups excluding carboxylic acids is 1. The SMILES string of the molecule is CCNc1cc(C(=O)N[C@@H](Cc2ccccc2)[C@H](O)CNC(C)CCC(C)C)cc(N2CCCCS2(=O)=O)c1.Cl. The molecule has 1 amide bonds. The van der Waals surface area contributed by atoms with Crippen LogP contribution < -0.4 is 20.3 Å². The number of amides is 1. The van der Waals surface area contributed by atoms with Crippen molar-refractivity contribution in [2.24, 2.45) is 5.92 Å². The Hall–Kier alpha value is -2.33. The second-order valence-electron chi connectivity index (χ2n) is 11.0. The molecule has 0 bridgehead atoms. The van der Waals surface area contributed by atoms with Gasteiger partial charge < -0.3 is 21.1 Å². The van der Waals surface area contributed by atoms with Crippen molar-refractivity contribution in [1.82, 2.24) is 10.6 Å². The number of nitrogens with one attached hydrogen (secondary N) is 3. The highest BCUT2D eigenvalue weighted by molar-refractivity contribution is 7.92. The number of anilines is 2. The Morgan fingerprint density at radius 2 is 1.77 bits per heavy atom. The Balaban J connectivity index is 0.00000560. The number of halogens is 1. The molecule has 1 heterocycles. The summed E-state index contributed by atoms with van der Waals surface area (Å²) in [6.07, 6.45) is 3.19. The van der Waals surface area contributed by atoms with Gasteiger partial charge in [0.25, 0.3) is 5.91 Å². The third-order valence-corrected chi connectivity index (χ3v) is 9.00. The molecule has 0 radical (unpaired) electrons. The quantitative estimate of drug-likeness (QED) is 0.255. The molecule has 1 saturated heterocycles. The fraction of sp³-hybridized carbons (Fsp3) is 0.567. The van der Waals surface area contributed by atoms with E-state index in [0.717, 1.165) is 24.8 Å². The first-order valence-electron chi connectivity index (χ1n) is 14.2. The van der Waals surface area contributed by atoms with Crippen LogP contribution in [0.3, 0.4) is 0 Å². The van der Waals surface area contributed by atoms with Crippen LogP contribution in [0.4, 0.5) is 11.4 Å². The number of sulfonamides is 1. The normalized spacial score (nSPS) is 17.0. The minimum absolute atomic E-state index is 0. The van der Waals surface area contributed by atoms with Crippen molar-refractivity contribution in [2.75, 3.05) is 35.0 Å². The van der Waals surface area contributed by atoms with Crippen LogP contribution in [-0.2, 0) is 16.4 Å². The van der Waals surface area contributed by atoms with Gasteiger partial charge in [-0.25, -0.2) is 8.42 Å². The Morgan fingerprint density at radius 3 is 2.42 bits per heavy atom. The van der Waals surface area contributed by atoms with Crippen LogP contribution in [0.25, 0.3) is 0 Å². The van der Waals surface area contributed by atoms with Crippen LogP contribution in [0.1, 0.15) is 69.3 Å². The summed E-state index contributed by atoms with van der Waals surface area (Å²) < 4.78 is 27.0. The lowest BCUT2D eigenvalue weighted by Crippen LogP contribution is -2.49. The van der Waals surface area contributed by atoms with Crippen LogP contribution in [0, 0.1) is 5.92 Å². The van der Waals surface area contributed by atoms with E-state index >= 15 is 0 Å². The van der Waals surface area contributed by atoms with E-state index in [2.05, 4.69) is 36.7 Å². The van der Waals surface area contributed by atoms with Crippen molar-refractivity contribution in [1.29, 1.82) is 0 Å². The Kier molecular flexibility index (Phi) is 13.7. The van der Waals surface area contributed by atoms with Crippen molar-refractivity contribution < 1.29 is 18.3 Å². The average molecular weight is 595 g/mol. The zero-order valence-electron chi connectivity index (χ0n) is 24.2. The first-order chi connectivity index (χ1) is 18.6. The topological polar surface area (TPSA) is 111 Å². The molecule has 3 rings (SSSR count). The smallest absolute Gasteiger partial charge is 0.251 e. The summed E-state index contributed by atoms with van der Waals surface area (Å²) in [5.41, 5.74) is 2.53. The molecule has 40 heavy (non-hydrogen) atoms. The molecule has 224 valence electrons. The zero-order valence-corrected chi connectivity index (χ0v) is 25.9. The molecule has 1 aliphatic heterocycles. The predicted molar refractivity (Wildman–Crippen MR) is 167 cm³/mol. The summed E-state index contributed by atoms with van der Waals surface area (Å²) in [4.78, 5) is 13.6. The molecule has 2 aromatic carbocycles. The summed E-state index contributed by atoms with van der Waals surface area (Å²) in [6.45, 7) is 9.84. The summed E-state index contributed by atoms with van der Waals surface area (Å²) in [6, 6.07) is 14.7. The van der Waals surface area contributed by atoms with E-state index in [0.29, 0.717) is 55.3 Å². The first-order valence-corrected chi connectivity index (χ1v) is 15.9. The number of aliphatic hydroxyl groups excluding tert-OH is 1. The lowest BCUT2D eigenvalue weighted by molar-refractivity contribution is 0.0825. The van der Waals surface area contributed by atoms with Gasteiger partial charge in [-0.05, 0) is 75.6 Å². The average Bonchev–Trinajstić information content (AvgIpc) is 2.90. The van der Waals surface area contributed by atoms with Gasteiger partial charge in [-0.15, -0.1) is 12.4 Å². The van der Waals surface area contributed by atoms with Gasteiger partial charge in [-0.2, -0.15) is 0 Å². The lowest BCUT2D eigenvalue weighted by atomic mass is 9.99. The van der Waals surface area contributed by atoms with E-state index in [1.807, 2.05) is 37.3 Å². The Bertz CT molecular complexity index is 1160. The van der Waals surface area contributed by atoms with Gasteiger partial charge in [0.15, 0.2) is 0 Å². The summed E-state index contributed by atoms with van der Waals surface area (Å²) in [5.74, 6) is 0.374. The van der Waals surface area contributed by atoms with Crippen LogP contribution >= 0.6 is 12.4 Å². The van der Waals surface area contributed by atoms with Crippen molar-refractivity contribution in [3.8, 4) is 0 Å². The van der Waals surface area contributed by atoms with Gasteiger partial charge in [0, 0.05) is 36.9 Å². The highest BCUT2D eigenvalue weighted by Gasteiger charge is 2.28. The molecule has 2 aromatic rings. The molecule has 10 heteroatoms. The molecule has 1 fully saturated rings. The maximum Gasteiger partial charge on any atom is 0.251 e. The molecule has 4 N–H and O–H groups in total. The van der Waals surface area contributed by atoms with Crippen molar-refractivity contribution in [3.05, 3.63) is 59.7 Å². The fourth-order valence-electron chi connectivity index (χ4n) is 4.82. The Morgan fingerprint density at radius 1 is 1.05 bits per heavy atom. The van der Waals surface area contributed by atoms with Gasteiger partial charge in [-0.1, -0.05) is 44.2 Å². The van der Waals surface area contributed by atoms with E-state index in [4.69, 9.17) is 0 Å². The van der Waals surface area contributed by atoms with Gasteiger partial charge in [0.1, 0.15) is 0 Å². The van der Waals surface area contributed by atoms with E-state index in [1.165, 1.54) is 4.31 Å². The third-order valence-electron chi connectivity index (χ3n) is 7.13. The molecule has 1 unspecified atom stereocenters. The lowest BCUT2D eigenvalue weighted by Gasteiger charge is -2.29. The van der Waals surface area contributed by atoms with Crippen molar-refractivity contribution in [3.63, 3.8) is 0 Å². The molecular weight excluding hydrogens is 548 g/mol. The largest absolute Gasteiger partial charge is 0.390 e. The number of nitrogens with zero attached hydrogens (tertiary/aromatic N) is 1. The third kappa shape index (κ3) is 10.3. The van der Waals surface area contributed by atoms with Crippen LogP contribution in [0.15, 0.2) is 48.5 Å². The molecule has 0 aliphatic carbocycles. The standard InChI is InChI=1S/C30H46N4O4S.ClH/c1-5-31-26-18-25(19-27(20-26)34-15-9-10-16-39(34,37)38)30(36)33-28(17-24-11-7-6-8-12-24)29(35)21-32-23(4)14-13-22(2)3;/h6-8,11-12,18-20,22-23,28-29,31-32,35H,5,9-10,13-17,21H2,1-4H3,(H,33,36);1H/t23?,28-,29+;/m0./s1. The molecule has 0 saturated carbocycles. The Labute approximate surface area is 246 Å². The van der Waals surface area contributed by atoms with Gasteiger partial charge in [-0.3, -0.25) is 9.10 Å². The maximum atomic E-state index is 13.6. The number of rotatable bonds is 14. The number of benzene rings is 2. The summed E-state index contributed by atoms with van der Waals surface area (Å²) >= 11 is 0. The van der Waals surface area contributed by atoms with E-state index < -0.39 is 22.2 Å². The maximum absolute atomic E-state index is 13.6. The van der Waals surface area contributed by atoms with Crippen LogP contribution in [0.5, 0.6) is 0 Å². The van der Waals surface area contributed by atoms with Gasteiger partial charge in [0.05, 0.1) is 23.6 Å². The second-order valence-corrected chi connectivity index (χ2v) is 13.0. The van der Waals surface area contributed by atoms with Crippen LogP contribution in [0.2, 0.25) is 0 Å². The van der Waals surface area contributed by atoms with Gasteiger partial charge in [0.2, 0.25) is 10.0 Å². The highest BCUT2D eigenvalue weighted by atomic mass is 35.5. The summed E-state index contributed by atoms with van der Waals surface area (Å²) in [5, 5.41) is 20.9. The molecule has 0 aromatic heterocycles. The first kappa shape index (κ1) is 33.9. The van der Waals surface area contributed by atoms with Gasteiger partial charge >= 0.3 is 0 Å². The van der Waals surface area contributed by atoms with Crippen molar-refractivity contribution in [2.45, 2.75) is 78.0 Å². The molecule has 1 aliphatic rings. The molecule has 8 nitrogen and oxygen atoms in total. The number of hydrogen-bond donors (Lipinski definition) is 4.